The Morgan fingerprint density at radius 3 is 2.22 bits per heavy atom. The van der Waals surface area contributed by atoms with Gasteiger partial charge in [0.05, 0.1) is 20.0 Å². The van der Waals surface area contributed by atoms with Gasteiger partial charge >= 0.3 is 5.97 Å². The zero-order chi connectivity index (χ0) is 17.1. The van der Waals surface area contributed by atoms with Gasteiger partial charge in [-0.25, -0.2) is 0 Å². The summed E-state index contributed by atoms with van der Waals surface area (Å²) in [6.07, 6.45) is 6.88. The number of benzene rings is 1. The lowest BCUT2D eigenvalue weighted by molar-refractivity contribution is -0.140. The molecule has 5 nitrogen and oxygen atoms in total. The Morgan fingerprint density at radius 1 is 1.00 bits per heavy atom. The minimum absolute atomic E-state index is 0.189. The number of carbonyl (C=O) groups excluding carboxylic acids is 1. The number of carbonyl (C=O) groups is 1. The summed E-state index contributed by atoms with van der Waals surface area (Å²) >= 11 is 0. The number of esters is 1. The molecule has 0 bridgehead atoms. The fourth-order valence-electron chi connectivity index (χ4n) is 2.37. The Kier molecular flexibility index (Phi) is 8.87. The average molecular weight is 342 g/mol. The number of hydrogen-bond acceptors (Lipinski definition) is 5. The summed E-state index contributed by atoms with van der Waals surface area (Å²) in [4.78, 5) is 11.3. The van der Waals surface area contributed by atoms with Gasteiger partial charge in [0, 0.05) is 6.42 Å². The molecule has 0 fully saturated rings. The molecule has 0 spiro atoms. The molecule has 0 aliphatic carbocycles. The topological polar surface area (TPSA) is 69.7 Å². The van der Waals surface area contributed by atoms with Gasteiger partial charge in [-0.05, 0) is 36.8 Å². The summed E-state index contributed by atoms with van der Waals surface area (Å²) in [5, 5.41) is 0. The highest BCUT2D eigenvalue weighted by molar-refractivity contribution is 7.85. The zero-order valence-electron chi connectivity index (χ0n) is 13.9. The number of unbranched alkanes of at least 4 members (excludes halogenated alkanes) is 3. The van der Waals surface area contributed by atoms with Gasteiger partial charge in [-0.3, -0.25) is 8.98 Å². The van der Waals surface area contributed by atoms with Gasteiger partial charge in [0.25, 0.3) is 10.1 Å². The molecule has 0 aliphatic rings. The van der Waals surface area contributed by atoms with Crippen LogP contribution in [0.4, 0.5) is 0 Å². The van der Waals surface area contributed by atoms with Gasteiger partial charge in [-0.2, -0.15) is 8.42 Å². The lowest BCUT2D eigenvalue weighted by Gasteiger charge is -2.09. The second-order valence-electron chi connectivity index (χ2n) is 5.54. The van der Waals surface area contributed by atoms with E-state index in [-0.39, 0.29) is 12.6 Å². The van der Waals surface area contributed by atoms with Gasteiger partial charge in [0.2, 0.25) is 0 Å². The maximum Gasteiger partial charge on any atom is 0.305 e. The number of ether oxygens (including phenoxy) is 1. The van der Waals surface area contributed by atoms with E-state index in [1.807, 2.05) is 12.1 Å². The zero-order valence-corrected chi connectivity index (χ0v) is 14.7. The van der Waals surface area contributed by atoms with Crippen molar-refractivity contribution in [1.29, 1.82) is 0 Å². The van der Waals surface area contributed by atoms with Crippen LogP contribution in [0.5, 0.6) is 0 Å². The van der Waals surface area contributed by atoms with Crippen molar-refractivity contribution in [2.24, 2.45) is 0 Å². The highest BCUT2D eigenvalue weighted by Gasteiger charge is 2.06. The van der Waals surface area contributed by atoms with Crippen LogP contribution < -0.4 is 0 Å². The van der Waals surface area contributed by atoms with Crippen LogP contribution in [0.3, 0.4) is 0 Å². The first-order valence-corrected chi connectivity index (χ1v) is 9.72. The molecule has 0 saturated heterocycles. The van der Waals surface area contributed by atoms with Crippen molar-refractivity contribution in [2.45, 2.75) is 44.9 Å². The molecule has 0 heterocycles. The third-order valence-corrected chi connectivity index (χ3v) is 4.18. The Morgan fingerprint density at radius 2 is 1.61 bits per heavy atom. The Hall–Kier alpha value is -1.40. The van der Waals surface area contributed by atoms with Gasteiger partial charge in [0.15, 0.2) is 0 Å². The van der Waals surface area contributed by atoms with E-state index in [1.165, 1.54) is 18.2 Å². The molecular formula is C17H26O5S. The molecule has 0 saturated carbocycles. The molecule has 0 unspecified atom stereocenters. The molecule has 130 valence electrons. The van der Waals surface area contributed by atoms with Crippen molar-refractivity contribution in [3.63, 3.8) is 0 Å². The standard InChI is InChI=1S/C17H26O5S/c1-21-17(18)13-12-16-11-7-6-10-15(16)9-5-3-4-8-14-22-23(2,19)20/h6-7,10-11H,3-5,8-9,12-14H2,1-2H3. The normalized spacial score (nSPS) is 11.4. The monoisotopic (exact) mass is 342 g/mol. The summed E-state index contributed by atoms with van der Waals surface area (Å²) in [6.45, 7) is 0.258. The predicted molar refractivity (Wildman–Crippen MR) is 89.7 cm³/mol. The molecule has 0 atom stereocenters. The van der Waals surface area contributed by atoms with Crippen LogP contribution in [-0.4, -0.2) is 34.4 Å². The number of methoxy groups -OCH3 is 1. The van der Waals surface area contributed by atoms with Crippen molar-refractivity contribution in [3.05, 3.63) is 35.4 Å². The van der Waals surface area contributed by atoms with E-state index in [2.05, 4.69) is 16.9 Å². The lowest BCUT2D eigenvalue weighted by atomic mass is 9.98. The highest BCUT2D eigenvalue weighted by atomic mass is 32.2. The largest absolute Gasteiger partial charge is 0.469 e. The van der Waals surface area contributed by atoms with Gasteiger partial charge in [-0.1, -0.05) is 37.1 Å². The Balaban J connectivity index is 2.28. The van der Waals surface area contributed by atoms with Crippen LogP contribution in [0.15, 0.2) is 24.3 Å². The Bertz CT molecular complexity index is 580. The summed E-state index contributed by atoms with van der Waals surface area (Å²) in [5.74, 6) is -0.189. The average Bonchev–Trinajstić information content (AvgIpc) is 2.51. The van der Waals surface area contributed by atoms with Crippen molar-refractivity contribution in [3.8, 4) is 0 Å². The molecule has 0 aliphatic heterocycles. The molecule has 0 amide bonds. The second-order valence-corrected chi connectivity index (χ2v) is 7.18. The Labute approximate surface area is 139 Å². The number of aryl methyl sites for hydroxylation is 2. The van der Waals surface area contributed by atoms with Crippen molar-refractivity contribution in [2.75, 3.05) is 20.0 Å². The summed E-state index contributed by atoms with van der Waals surface area (Å²) < 4.78 is 31.0. The molecule has 0 radical (unpaired) electrons. The van der Waals surface area contributed by atoms with Crippen LogP contribution in [0.25, 0.3) is 0 Å². The van der Waals surface area contributed by atoms with Crippen LogP contribution >= 0.6 is 0 Å². The fourth-order valence-corrected chi connectivity index (χ4v) is 2.79. The summed E-state index contributed by atoms with van der Waals surface area (Å²) in [5.41, 5.74) is 2.46. The third kappa shape index (κ3) is 9.36. The highest BCUT2D eigenvalue weighted by Crippen LogP contribution is 2.15. The maximum absolute atomic E-state index is 11.3. The van der Waals surface area contributed by atoms with Crippen LogP contribution in [0.1, 0.15) is 43.2 Å². The van der Waals surface area contributed by atoms with Crippen LogP contribution in [-0.2, 0) is 36.7 Å². The minimum atomic E-state index is -3.32. The van der Waals surface area contributed by atoms with Crippen molar-refractivity contribution in [1.82, 2.24) is 0 Å². The fraction of sp³-hybridized carbons (Fsp3) is 0.588. The van der Waals surface area contributed by atoms with Crippen molar-refractivity contribution >= 4 is 16.1 Å². The molecule has 0 aromatic heterocycles. The number of hydrogen-bond donors (Lipinski definition) is 0. The quantitative estimate of drug-likeness (QED) is 0.351. The van der Waals surface area contributed by atoms with E-state index < -0.39 is 10.1 Å². The molecule has 0 N–H and O–H groups in total. The van der Waals surface area contributed by atoms with E-state index in [0.717, 1.165) is 38.4 Å². The first-order chi connectivity index (χ1) is 10.9. The van der Waals surface area contributed by atoms with Crippen LogP contribution in [0.2, 0.25) is 0 Å². The van der Waals surface area contributed by atoms with Crippen molar-refractivity contribution < 1.29 is 22.1 Å². The van der Waals surface area contributed by atoms with Gasteiger partial charge in [0.1, 0.15) is 0 Å². The smallest absolute Gasteiger partial charge is 0.305 e. The second kappa shape index (κ2) is 10.4. The summed E-state index contributed by atoms with van der Waals surface area (Å²) in [6, 6.07) is 8.15. The maximum atomic E-state index is 11.3. The van der Waals surface area contributed by atoms with Gasteiger partial charge in [-0.15, -0.1) is 0 Å². The number of rotatable bonds is 11. The van der Waals surface area contributed by atoms with Crippen LogP contribution in [0, 0.1) is 0 Å². The van der Waals surface area contributed by atoms with E-state index in [4.69, 9.17) is 4.18 Å². The predicted octanol–water partition coefficient (Wildman–Crippen LogP) is 2.87. The molecule has 1 rings (SSSR count). The van der Waals surface area contributed by atoms with E-state index in [1.54, 1.807) is 0 Å². The third-order valence-electron chi connectivity index (χ3n) is 3.58. The van der Waals surface area contributed by atoms with E-state index in [0.29, 0.717) is 12.8 Å². The lowest BCUT2D eigenvalue weighted by Crippen LogP contribution is -2.04. The molecule has 1 aromatic rings. The SMILES string of the molecule is COC(=O)CCc1ccccc1CCCCCCOS(C)(=O)=O. The summed E-state index contributed by atoms with van der Waals surface area (Å²) in [7, 11) is -1.91. The molecule has 1 aromatic carbocycles. The van der Waals surface area contributed by atoms with E-state index >= 15 is 0 Å². The first-order valence-electron chi connectivity index (χ1n) is 7.90. The van der Waals surface area contributed by atoms with E-state index in [9.17, 15) is 13.2 Å². The molecular weight excluding hydrogens is 316 g/mol. The first kappa shape index (κ1) is 19.6. The minimum Gasteiger partial charge on any atom is -0.469 e. The molecule has 23 heavy (non-hydrogen) atoms. The van der Waals surface area contributed by atoms with Gasteiger partial charge < -0.3 is 4.74 Å². The molecule has 6 heteroatoms.